The summed E-state index contributed by atoms with van der Waals surface area (Å²) in [6.07, 6.45) is 3.76. The van der Waals surface area contributed by atoms with E-state index in [1.807, 2.05) is 0 Å². The molecule has 168 valence electrons. The zero-order chi connectivity index (χ0) is 22.0. The van der Waals surface area contributed by atoms with E-state index in [4.69, 9.17) is 9.57 Å². The van der Waals surface area contributed by atoms with Gasteiger partial charge in [0, 0.05) is 25.8 Å². The SMILES string of the molecule is CCOC(=O)CNC(=O)NCCNc1cccc(S(=O)(=O)N(C)OC2CCCC2)c1. The summed E-state index contributed by atoms with van der Waals surface area (Å²) in [6, 6.07) is 5.91. The quantitative estimate of drug-likeness (QED) is 0.269. The highest BCUT2D eigenvalue weighted by molar-refractivity contribution is 7.89. The Morgan fingerprint density at radius 1 is 1.17 bits per heavy atom. The lowest BCUT2D eigenvalue weighted by molar-refractivity contribution is -0.141. The molecule has 11 heteroatoms. The molecule has 0 aliphatic heterocycles. The number of hydroxylamine groups is 1. The van der Waals surface area contributed by atoms with Crippen LogP contribution in [-0.4, -0.2) is 64.3 Å². The van der Waals surface area contributed by atoms with Crippen molar-refractivity contribution < 1.29 is 27.6 Å². The van der Waals surface area contributed by atoms with Gasteiger partial charge < -0.3 is 20.7 Å². The van der Waals surface area contributed by atoms with E-state index in [1.54, 1.807) is 19.1 Å². The summed E-state index contributed by atoms with van der Waals surface area (Å²) < 4.78 is 31.1. The van der Waals surface area contributed by atoms with E-state index >= 15 is 0 Å². The van der Waals surface area contributed by atoms with Crippen molar-refractivity contribution in [3.8, 4) is 0 Å². The lowest BCUT2D eigenvalue weighted by atomic mass is 10.3. The van der Waals surface area contributed by atoms with Crippen LogP contribution in [0.1, 0.15) is 32.6 Å². The minimum absolute atomic E-state index is 0.0628. The number of anilines is 1. The number of ether oxygens (including phenoxy) is 1. The fourth-order valence-corrected chi connectivity index (χ4v) is 4.04. The first-order valence-electron chi connectivity index (χ1n) is 10.00. The van der Waals surface area contributed by atoms with E-state index < -0.39 is 22.0 Å². The van der Waals surface area contributed by atoms with Crippen molar-refractivity contribution in [1.82, 2.24) is 15.1 Å². The smallest absolute Gasteiger partial charge is 0.325 e. The van der Waals surface area contributed by atoms with Crippen LogP contribution in [0, 0.1) is 0 Å². The summed E-state index contributed by atoms with van der Waals surface area (Å²) >= 11 is 0. The van der Waals surface area contributed by atoms with Crippen molar-refractivity contribution in [2.24, 2.45) is 0 Å². The van der Waals surface area contributed by atoms with Crippen LogP contribution in [0.5, 0.6) is 0 Å². The maximum Gasteiger partial charge on any atom is 0.325 e. The minimum Gasteiger partial charge on any atom is -0.465 e. The lowest BCUT2D eigenvalue weighted by Gasteiger charge is -2.21. The summed E-state index contributed by atoms with van der Waals surface area (Å²) in [5, 5.41) is 8.02. The topological polar surface area (TPSA) is 126 Å². The highest BCUT2D eigenvalue weighted by Crippen LogP contribution is 2.25. The molecular formula is C19H30N4O6S. The molecule has 1 aliphatic rings. The molecule has 30 heavy (non-hydrogen) atoms. The molecule has 1 aromatic rings. The fourth-order valence-electron chi connectivity index (χ4n) is 2.99. The summed E-state index contributed by atoms with van der Waals surface area (Å²) in [5.41, 5.74) is 0.596. The van der Waals surface area contributed by atoms with Crippen LogP contribution >= 0.6 is 0 Å². The number of nitrogens with zero attached hydrogens (tertiary/aromatic N) is 1. The molecule has 0 aromatic heterocycles. The number of amides is 2. The average molecular weight is 443 g/mol. The second-order valence-electron chi connectivity index (χ2n) is 6.80. The van der Waals surface area contributed by atoms with Gasteiger partial charge in [-0.05, 0) is 38.0 Å². The van der Waals surface area contributed by atoms with Crippen molar-refractivity contribution >= 4 is 27.7 Å². The molecule has 1 fully saturated rings. The maximum absolute atomic E-state index is 12.7. The standard InChI is InChI=1S/C19H30N4O6S/c1-3-28-18(24)14-22-19(25)21-12-11-20-15-7-6-10-17(13-15)30(26,27)23(2)29-16-8-4-5-9-16/h6-7,10,13,16,20H,3-5,8-9,11-12,14H2,1-2H3,(H2,21,22,25). The summed E-state index contributed by atoms with van der Waals surface area (Å²) in [7, 11) is -2.36. The Morgan fingerprint density at radius 2 is 1.90 bits per heavy atom. The molecule has 10 nitrogen and oxygen atoms in total. The number of carbonyl (C=O) groups is 2. The van der Waals surface area contributed by atoms with E-state index in [1.165, 1.54) is 19.2 Å². The van der Waals surface area contributed by atoms with E-state index in [2.05, 4.69) is 16.0 Å². The molecule has 0 spiro atoms. The largest absolute Gasteiger partial charge is 0.465 e. The van der Waals surface area contributed by atoms with Crippen LogP contribution < -0.4 is 16.0 Å². The molecule has 0 atom stereocenters. The van der Waals surface area contributed by atoms with Crippen molar-refractivity contribution in [1.29, 1.82) is 0 Å². The molecule has 2 rings (SSSR count). The molecule has 0 heterocycles. The number of sulfonamides is 1. The van der Waals surface area contributed by atoms with Crippen LogP contribution in [-0.2, 0) is 24.4 Å². The molecular weight excluding hydrogens is 412 g/mol. The molecule has 0 radical (unpaired) electrons. The zero-order valence-corrected chi connectivity index (χ0v) is 18.2. The van der Waals surface area contributed by atoms with E-state index in [9.17, 15) is 18.0 Å². The number of esters is 1. The fraction of sp³-hybridized carbons (Fsp3) is 0.579. The first kappa shape index (κ1) is 23.9. The van der Waals surface area contributed by atoms with Crippen LogP contribution in [0.3, 0.4) is 0 Å². The molecule has 2 amide bonds. The number of urea groups is 1. The van der Waals surface area contributed by atoms with Crippen molar-refractivity contribution in [3.05, 3.63) is 24.3 Å². The third-order valence-electron chi connectivity index (χ3n) is 4.51. The van der Waals surface area contributed by atoms with Gasteiger partial charge >= 0.3 is 12.0 Å². The minimum atomic E-state index is -3.77. The monoisotopic (exact) mass is 442 g/mol. The summed E-state index contributed by atoms with van der Waals surface area (Å²) in [5.74, 6) is -0.509. The molecule has 0 saturated heterocycles. The lowest BCUT2D eigenvalue weighted by Crippen LogP contribution is -2.40. The van der Waals surface area contributed by atoms with E-state index in [-0.39, 0.29) is 30.7 Å². The Morgan fingerprint density at radius 3 is 2.60 bits per heavy atom. The number of benzene rings is 1. The first-order chi connectivity index (χ1) is 14.3. The van der Waals surface area contributed by atoms with Gasteiger partial charge in [0.25, 0.3) is 10.0 Å². The number of carbonyl (C=O) groups excluding carboxylic acids is 2. The predicted molar refractivity (Wildman–Crippen MR) is 111 cm³/mol. The van der Waals surface area contributed by atoms with Gasteiger partial charge in [-0.25, -0.2) is 13.2 Å². The Balaban J connectivity index is 1.79. The Hall–Kier alpha value is -2.37. The van der Waals surface area contributed by atoms with Crippen LogP contribution in [0.25, 0.3) is 0 Å². The zero-order valence-electron chi connectivity index (χ0n) is 17.3. The first-order valence-corrected chi connectivity index (χ1v) is 11.4. The normalized spacial score (nSPS) is 14.5. The number of hydrogen-bond donors (Lipinski definition) is 3. The Kier molecular flexibility index (Phi) is 9.34. The van der Waals surface area contributed by atoms with Gasteiger partial charge in [0.05, 0.1) is 17.6 Å². The van der Waals surface area contributed by atoms with Gasteiger partial charge in [-0.15, -0.1) is 0 Å². The molecule has 1 saturated carbocycles. The molecule has 3 N–H and O–H groups in total. The predicted octanol–water partition coefficient (Wildman–Crippen LogP) is 1.46. The van der Waals surface area contributed by atoms with Gasteiger partial charge in [0.1, 0.15) is 6.54 Å². The van der Waals surface area contributed by atoms with Crippen molar-refractivity contribution in [2.75, 3.05) is 38.6 Å². The third-order valence-corrected chi connectivity index (χ3v) is 6.12. The van der Waals surface area contributed by atoms with E-state index in [0.29, 0.717) is 12.2 Å². The van der Waals surface area contributed by atoms with Gasteiger partial charge in [-0.1, -0.05) is 23.4 Å². The van der Waals surface area contributed by atoms with Crippen LogP contribution in [0.15, 0.2) is 29.2 Å². The maximum atomic E-state index is 12.7. The second-order valence-corrected chi connectivity index (χ2v) is 8.73. The summed E-state index contributed by atoms with van der Waals surface area (Å²) in [4.78, 5) is 28.5. The van der Waals surface area contributed by atoms with Crippen LogP contribution in [0.2, 0.25) is 0 Å². The Bertz CT molecular complexity index is 811. The van der Waals surface area contributed by atoms with E-state index in [0.717, 1.165) is 30.2 Å². The molecule has 0 bridgehead atoms. The molecule has 1 aliphatic carbocycles. The van der Waals surface area contributed by atoms with Crippen molar-refractivity contribution in [3.63, 3.8) is 0 Å². The number of nitrogens with one attached hydrogen (secondary N) is 3. The third kappa shape index (κ3) is 7.47. The van der Waals surface area contributed by atoms with Gasteiger partial charge in [-0.3, -0.25) is 9.63 Å². The molecule has 0 unspecified atom stereocenters. The second kappa shape index (κ2) is 11.7. The van der Waals surface area contributed by atoms with Crippen molar-refractivity contribution in [2.45, 2.75) is 43.6 Å². The number of rotatable bonds is 11. The highest BCUT2D eigenvalue weighted by Gasteiger charge is 2.26. The average Bonchev–Trinajstić information content (AvgIpc) is 3.23. The Labute approximate surface area is 177 Å². The number of hydrogen-bond acceptors (Lipinski definition) is 7. The van der Waals surface area contributed by atoms with Gasteiger partial charge in [0.15, 0.2) is 0 Å². The summed E-state index contributed by atoms with van der Waals surface area (Å²) in [6.45, 7) is 2.37. The van der Waals surface area contributed by atoms with Crippen LogP contribution in [0.4, 0.5) is 10.5 Å². The molecule has 1 aromatic carbocycles. The highest BCUT2D eigenvalue weighted by atomic mass is 32.2. The van der Waals surface area contributed by atoms with Gasteiger partial charge in [-0.2, -0.15) is 0 Å². The van der Waals surface area contributed by atoms with Gasteiger partial charge in [0.2, 0.25) is 0 Å².